The van der Waals surface area contributed by atoms with Gasteiger partial charge in [-0.1, -0.05) is 6.07 Å². The highest BCUT2D eigenvalue weighted by Crippen LogP contribution is 2.17. The van der Waals surface area contributed by atoms with Crippen LogP contribution in [0.15, 0.2) is 17.5 Å². The van der Waals surface area contributed by atoms with Crippen LogP contribution in [-0.2, 0) is 4.74 Å². The maximum atomic E-state index is 11.8. The Morgan fingerprint density at radius 3 is 3.15 bits per heavy atom. The molecule has 1 aromatic rings. The van der Waals surface area contributed by atoms with Gasteiger partial charge in [0.15, 0.2) is 0 Å². The summed E-state index contributed by atoms with van der Waals surface area (Å²) >= 11 is 1.47. The quantitative estimate of drug-likeness (QED) is 0.684. The number of carbonyl (C=O) groups excluding carboxylic acids is 1. The van der Waals surface area contributed by atoms with E-state index in [-0.39, 0.29) is 12.1 Å². The molecule has 3 nitrogen and oxygen atoms in total. The predicted octanol–water partition coefficient (Wildman–Crippen LogP) is 1.57. The normalized spacial score (nSPS) is 22.2. The fraction of sp³-hybridized carbons (Fsp3) is 0.444. The maximum absolute atomic E-state index is 11.8. The Balaban J connectivity index is 2.13. The molecule has 1 aliphatic rings. The van der Waals surface area contributed by atoms with Crippen molar-refractivity contribution in [1.82, 2.24) is 4.90 Å². The molecule has 1 saturated heterocycles. The molecule has 0 aliphatic carbocycles. The number of ether oxygens (including phenoxy) is 1. The minimum absolute atomic E-state index is 0.0744. The molecule has 1 aliphatic heterocycles. The Bertz CT molecular complexity index is 297. The van der Waals surface area contributed by atoms with Crippen molar-refractivity contribution in [2.24, 2.45) is 0 Å². The molecule has 2 rings (SSSR count). The number of hydrogen-bond donors (Lipinski definition) is 0. The van der Waals surface area contributed by atoms with Crippen LogP contribution < -0.4 is 0 Å². The van der Waals surface area contributed by atoms with Crippen LogP contribution in [0, 0.1) is 0 Å². The minimum atomic E-state index is -0.0744. The molecule has 1 unspecified atom stereocenters. The van der Waals surface area contributed by atoms with Crippen molar-refractivity contribution >= 4 is 17.2 Å². The Kier molecular flexibility index (Phi) is 2.33. The fourth-order valence-electron chi connectivity index (χ4n) is 1.40. The van der Waals surface area contributed by atoms with Gasteiger partial charge in [0, 0.05) is 6.54 Å². The third-order valence-electron chi connectivity index (χ3n) is 2.12. The van der Waals surface area contributed by atoms with Gasteiger partial charge < -0.3 is 9.64 Å². The number of amides is 1. The second-order valence-corrected chi connectivity index (χ2v) is 3.89. The van der Waals surface area contributed by atoms with Crippen LogP contribution in [0.1, 0.15) is 16.6 Å². The Morgan fingerprint density at radius 1 is 1.77 bits per heavy atom. The summed E-state index contributed by atoms with van der Waals surface area (Å²) in [6.45, 7) is 3.26. The summed E-state index contributed by atoms with van der Waals surface area (Å²) in [6, 6.07) is 3.73. The molecule has 0 spiro atoms. The topological polar surface area (TPSA) is 29.5 Å². The van der Waals surface area contributed by atoms with Gasteiger partial charge in [-0.3, -0.25) is 4.79 Å². The summed E-state index contributed by atoms with van der Waals surface area (Å²) in [4.78, 5) is 14.3. The molecule has 1 aromatic heterocycles. The summed E-state index contributed by atoms with van der Waals surface area (Å²) in [5.74, 6) is 0.0833. The van der Waals surface area contributed by atoms with Gasteiger partial charge in [0.05, 0.1) is 11.5 Å². The average molecular weight is 197 g/mol. The molecule has 0 saturated carbocycles. The predicted molar refractivity (Wildman–Crippen MR) is 50.8 cm³/mol. The molecule has 0 radical (unpaired) electrons. The van der Waals surface area contributed by atoms with Crippen LogP contribution in [0.5, 0.6) is 0 Å². The highest BCUT2D eigenvalue weighted by molar-refractivity contribution is 7.12. The molecule has 0 N–H and O–H groups in total. The second-order valence-electron chi connectivity index (χ2n) is 2.95. The molecule has 70 valence electrons. The highest BCUT2D eigenvalue weighted by Gasteiger charge is 2.26. The van der Waals surface area contributed by atoms with Gasteiger partial charge in [-0.25, -0.2) is 0 Å². The molecule has 1 fully saturated rings. The smallest absolute Gasteiger partial charge is 0.266 e. The Morgan fingerprint density at radius 2 is 2.62 bits per heavy atom. The van der Waals surface area contributed by atoms with E-state index in [2.05, 4.69) is 0 Å². The van der Waals surface area contributed by atoms with E-state index in [0.717, 1.165) is 4.88 Å². The van der Waals surface area contributed by atoms with E-state index in [1.165, 1.54) is 11.3 Å². The number of thiophene rings is 1. The fourth-order valence-corrected chi connectivity index (χ4v) is 2.08. The minimum Gasteiger partial charge on any atom is -0.357 e. The average Bonchev–Trinajstić information content (AvgIpc) is 2.72. The van der Waals surface area contributed by atoms with Gasteiger partial charge >= 0.3 is 0 Å². The van der Waals surface area contributed by atoms with Crippen molar-refractivity contribution in [3.63, 3.8) is 0 Å². The molecule has 2 heterocycles. The lowest BCUT2D eigenvalue weighted by atomic mass is 10.4. The van der Waals surface area contributed by atoms with Crippen LogP contribution in [0.2, 0.25) is 0 Å². The van der Waals surface area contributed by atoms with E-state index in [0.29, 0.717) is 13.2 Å². The molecule has 0 bridgehead atoms. The van der Waals surface area contributed by atoms with E-state index in [1.807, 2.05) is 24.4 Å². The van der Waals surface area contributed by atoms with Crippen molar-refractivity contribution in [3.8, 4) is 0 Å². The molecular formula is C9H11NO2S. The lowest BCUT2D eigenvalue weighted by molar-refractivity contribution is 0.0381. The third-order valence-corrected chi connectivity index (χ3v) is 2.98. The largest absolute Gasteiger partial charge is 0.357 e. The monoisotopic (exact) mass is 197 g/mol. The van der Waals surface area contributed by atoms with Gasteiger partial charge in [0.25, 0.3) is 5.91 Å². The number of rotatable bonds is 1. The SMILES string of the molecule is CC1OCCN1C(=O)c1cccs1. The standard InChI is InChI=1S/C9H11NO2S/c1-7-10(4-5-12-7)9(11)8-3-2-6-13-8/h2-3,6-7H,4-5H2,1H3. The number of hydrogen-bond acceptors (Lipinski definition) is 3. The molecule has 13 heavy (non-hydrogen) atoms. The lowest BCUT2D eigenvalue weighted by Crippen LogP contribution is -2.33. The van der Waals surface area contributed by atoms with Gasteiger partial charge in [-0.05, 0) is 18.4 Å². The van der Waals surface area contributed by atoms with Crippen molar-refractivity contribution in [1.29, 1.82) is 0 Å². The van der Waals surface area contributed by atoms with Crippen LogP contribution in [0.25, 0.3) is 0 Å². The number of carbonyl (C=O) groups is 1. The zero-order valence-electron chi connectivity index (χ0n) is 7.40. The van der Waals surface area contributed by atoms with E-state index in [1.54, 1.807) is 4.90 Å². The molecule has 0 aromatic carbocycles. The van der Waals surface area contributed by atoms with Crippen molar-refractivity contribution < 1.29 is 9.53 Å². The molecule has 1 amide bonds. The van der Waals surface area contributed by atoms with Crippen LogP contribution >= 0.6 is 11.3 Å². The lowest BCUT2D eigenvalue weighted by Gasteiger charge is -2.18. The first kappa shape index (κ1) is 8.72. The highest BCUT2D eigenvalue weighted by atomic mass is 32.1. The summed E-state index contributed by atoms with van der Waals surface area (Å²) < 4.78 is 5.29. The van der Waals surface area contributed by atoms with Crippen LogP contribution in [-0.4, -0.2) is 30.2 Å². The Hall–Kier alpha value is -0.870. The first-order valence-corrected chi connectivity index (χ1v) is 5.13. The van der Waals surface area contributed by atoms with E-state index >= 15 is 0 Å². The maximum Gasteiger partial charge on any atom is 0.266 e. The van der Waals surface area contributed by atoms with Crippen molar-refractivity contribution in [2.45, 2.75) is 13.2 Å². The summed E-state index contributed by atoms with van der Waals surface area (Å²) in [5.41, 5.74) is 0. The van der Waals surface area contributed by atoms with Crippen LogP contribution in [0.4, 0.5) is 0 Å². The molecular weight excluding hydrogens is 186 g/mol. The second kappa shape index (κ2) is 3.47. The number of nitrogens with zero attached hydrogens (tertiary/aromatic N) is 1. The van der Waals surface area contributed by atoms with Crippen molar-refractivity contribution in [2.75, 3.05) is 13.2 Å². The van der Waals surface area contributed by atoms with Crippen LogP contribution in [0.3, 0.4) is 0 Å². The molecule has 4 heteroatoms. The zero-order chi connectivity index (χ0) is 9.26. The summed E-state index contributed by atoms with van der Waals surface area (Å²) in [5, 5.41) is 1.91. The summed E-state index contributed by atoms with van der Waals surface area (Å²) in [7, 11) is 0. The first-order valence-electron chi connectivity index (χ1n) is 4.25. The summed E-state index contributed by atoms with van der Waals surface area (Å²) in [6.07, 6.45) is -0.0744. The Labute approximate surface area is 80.9 Å². The van der Waals surface area contributed by atoms with Gasteiger partial charge in [0.1, 0.15) is 6.23 Å². The van der Waals surface area contributed by atoms with Gasteiger partial charge in [0.2, 0.25) is 0 Å². The molecule has 1 atom stereocenters. The van der Waals surface area contributed by atoms with E-state index in [4.69, 9.17) is 4.74 Å². The van der Waals surface area contributed by atoms with Gasteiger partial charge in [-0.15, -0.1) is 11.3 Å². The zero-order valence-corrected chi connectivity index (χ0v) is 8.21. The first-order chi connectivity index (χ1) is 6.29. The van der Waals surface area contributed by atoms with E-state index < -0.39 is 0 Å². The third kappa shape index (κ3) is 1.59. The van der Waals surface area contributed by atoms with Crippen molar-refractivity contribution in [3.05, 3.63) is 22.4 Å². The van der Waals surface area contributed by atoms with E-state index in [9.17, 15) is 4.79 Å². The van der Waals surface area contributed by atoms with Gasteiger partial charge in [-0.2, -0.15) is 0 Å².